The summed E-state index contributed by atoms with van der Waals surface area (Å²) in [4.78, 5) is 12.9. The van der Waals surface area contributed by atoms with Gasteiger partial charge in [-0.15, -0.1) is 0 Å². The topological polar surface area (TPSA) is 87.8 Å². The normalized spacial score (nSPS) is 10.7. The van der Waals surface area contributed by atoms with Gasteiger partial charge < -0.3 is 23.9 Å². The molecule has 1 N–H and O–H groups in total. The third-order valence-corrected chi connectivity index (χ3v) is 5.41. The zero-order valence-electron chi connectivity index (χ0n) is 19.2. The molecule has 9 heteroatoms. The number of nitrogens with one attached hydrogen (secondary N) is 1. The number of methoxy groups -OCH3 is 3. The molecule has 0 fully saturated rings. The first-order valence-corrected chi connectivity index (χ1v) is 10.8. The highest BCUT2D eigenvalue weighted by molar-refractivity contribution is 6.30. The van der Waals surface area contributed by atoms with Crippen LogP contribution in [0.5, 0.6) is 17.2 Å². The maximum absolute atomic E-state index is 12.9. The van der Waals surface area contributed by atoms with Gasteiger partial charge in [0.25, 0.3) is 5.91 Å². The largest absolute Gasteiger partial charge is 0.496 e. The van der Waals surface area contributed by atoms with Crippen molar-refractivity contribution in [3.05, 3.63) is 82.4 Å². The molecule has 2 aromatic carbocycles. The van der Waals surface area contributed by atoms with Crippen molar-refractivity contribution >= 4 is 23.3 Å². The molecule has 0 spiro atoms. The molecule has 0 saturated carbocycles. The lowest BCUT2D eigenvalue weighted by molar-refractivity contribution is 0.0994. The van der Waals surface area contributed by atoms with E-state index < -0.39 is 5.91 Å². The Bertz CT molecular complexity index is 1300. The Morgan fingerprint density at radius 3 is 2.41 bits per heavy atom. The van der Waals surface area contributed by atoms with E-state index in [1.54, 1.807) is 68.5 Å². The number of carbonyl (C=O) groups excluding carboxylic acids is 1. The number of rotatable bonds is 8. The number of furan rings is 1. The number of anilines is 1. The number of amides is 1. The Labute approximate surface area is 202 Å². The van der Waals surface area contributed by atoms with Crippen LogP contribution in [0.2, 0.25) is 5.02 Å². The van der Waals surface area contributed by atoms with Crippen LogP contribution >= 0.6 is 11.6 Å². The number of benzene rings is 2. The Kier molecular flexibility index (Phi) is 6.79. The van der Waals surface area contributed by atoms with E-state index in [1.165, 1.54) is 0 Å². The third kappa shape index (κ3) is 4.87. The van der Waals surface area contributed by atoms with Gasteiger partial charge in [0.1, 0.15) is 28.8 Å². The van der Waals surface area contributed by atoms with Gasteiger partial charge in [-0.2, -0.15) is 5.10 Å². The standard InChI is InChI=1S/C25H24ClN3O5/c1-15-10-24(29(28-15)17-7-5-6-16(26)11-17)27-25(30)21-9-8-18(34-21)12-20-22(32-3)13-19(31-2)14-23(20)33-4/h5-11,13-14H,12H2,1-4H3,(H,27,30). The van der Waals surface area contributed by atoms with E-state index in [-0.39, 0.29) is 5.76 Å². The molecule has 2 heterocycles. The first kappa shape index (κ1) is 23.3. The first-order chi connectivity index (χ1) is 16.4. The Morgan fingerprint density at radius 1 is 1.03 bits per heavy atom. The molecule has 0 unspecified atom stereocenters. The fourth-order valence-electron chi connectivity index (χ4n) is 3.59. The zero-order valence-corrected chi connectivity index (χ0v) is 20.0. The quantitative estimate of drug-likeness (QED) is 0.367. The minimum atomic E-state index is -0.400. The van der Waals surface area contributed by atoms with Crippen molar-refractivity contribution in [2.24, 2.45) is 0 Å². The number of carbonyl (C=O) groups is 1. The monoisotopic (exact) mass is 481 g/mol. The number of halogens is 1. The predicted octanol–water partition coefficient (Wildman–Crippen LogP) is 5.30. The van der Waals surface area contributed by atoms with Gasteiger partial charge in [-0.3, -0.25) is 4.79 Å². The first-order valence-electron chi connectivity index (χ1n) is 10.4. The predicted molar refractivity (Wildman–Crippen MR) is 129 cm³/mol. The van der Waals surface area contributed by atoms with E-state index >= 15 is 0 Å². The van der Waals surface area contributed by atoms with Gasteiger partial charge in [0, 0.05) is 35.2 Å². The highest BCUT2D eigenvalue weighted by Crippen LogP contribution is 2.36. The van der Waals surface area contributed by atoms with E-state index in [9.17, 15) is 4.79 Å². The van der Waals surface area contributed by atoms with Crippen molar-refractivity contribution in [2.45, 2.75) is 13.3 Å². The molecule has 176 valence electrons. The Morgan fingerprint density at radius 2 is 1.76 bits per heavy atom. The van der Waals surface area contributed by atoms with Crippen molar-refractivity contribution in [1.82, 2.24) is 9.78 Å². The molecule has 0 radical (unpaired) electrons. The van der Waals surface area contributed by atoms with Crippen LogP contribution in [-0.2, 0) is 6.42 Å². The second-order valence-electron chi connectivity index (χ2n) is 7.47. The number of hydrogen-bond acceptors (Lipinski definition) is 6. The van der Waals surface area contributed by atoms with Crippen LogP contribution in [0.25, 0.3) is 5.69 Å². The molecule has 0 saturated heterocycles. The van der Waals surface area contributed by atoms with Crippen LogP contribution in [0.4, 0.5) is 5.82 Å². The molecule has 4 aromatic rings. The molecular weight excluding hydrogens is 458 g/mol. The summed E-state index contributed by atoms with van der Waals surface area (Å²) in [5.74, 6) is 2.65. The Balaban J connectivity index is 1.56. The molecule has 8 nitrogen and oxygen atoms in total. The summed E-state index contributed by atoms with van der Waals surface area (Å²) in [6.07, 6.45) is 0.364. The minimum Gasteiger partial charge on any atom is -0.496 e. The van der Waals surface area contributed by atoms with E-state index in [0.29, 0.717) is 40.3 Å². The number of ether oxygens (including phenoxy) is 3. The summed E-state index contributed by atoms with van der Waals surface area (Å²) in [7, 11) is 4.72. The molecule has 0 atom stereocenters. The molecule has 2 aromatic heterocycles. The highest BCUT2D eigenvalue weighted by Gasteiger charge is 2.19. The lowest BCUT2D eigenvalue weighted by Gasteiger charge is -2.14. The molecule has 0 aliphatic carbocycles. The van der Waals surface area contributed by atoms with Gasteiger partial charge in [0.15, 0.2) is 5.76 Å². The summed E-state index contributed by atoms with van der Waals surface area (Å²) in [5, 5.41) is 7.89. The van der Waals surface area contributed by atoms with E-state index in [0.717, 1.165) is 16.9 Å². The van der Waals surface area contributed by atoms with Crippen molar-refractivity contribution in [3.8, 4) is 22.9 Å². The number of nitrogens with zero attached hydrogens (tertiary/aromatic N) is 2. The van der Waals surface area contributed by atoms with Crippen molar-refractivity contribution < 1.29 is 23.4 Å². The van der Waals surface area contributed by atoms with E-state index in [1.807, 2.05) is 19.1 Å². The molecule has 0 aliphatic rings. The fourth-order valence-corrected chi connectivity index (χ4v) is 3.78. The van der Waals surface area contributed by atoms with Crippen LogP contribution < -0.4 is 19.5 Å². The summed E-state index contributed by atoms with van der Waals surface area (Å²) in [6.45, 7) is 1.84. The average molecular weight is 482 g/mol. The molecule has 4 rings (SSSR count). The second-order valence-corrected chi connectivity index (χ2v) is 7.91. The van der Waals surface area contributed by atoms with E-state index in [2.05, 4.69) is 10.4 Å². The number of aromatic nitrogens is 2. The lowest BCUT2D eigenvalue weighted by Crippen LogP contribution is -2.14. The average Bonchev–Trinajstić information content (AvgIpc) is 3.45. The summed E-state index contributed by atoms with van der Waals surface area (Å²) in [5.41, 5.74) is 2.26. The van der Waals surface area contributed by atoms with Crippen LogP contribution in [0.15, 0.2) is 59.0 Å². The fraction of sp³-hybridized carbons (Fsp3) is 0.200. The maximum Gasteiger partial charge on any atom is 0.292 e. The van der Waals surface area contributed by atoms with Gasteiger partial charge in [0.2, 0.25) is 0 Å². The summed E-state index contributed by atoms with van der Waals surface area (Å²) < 4.78 is 23.8. The highest BCUT2D eigenvalue weighted by atomic mass is 35.5. The van der Waals surface area contributed by atoms with Gasteiger partial charge >= 0.3 is 0 Å². The summed E-state index contributed by atoms with van der Waals surface area (Å²) in [6, 6.07) is 15.9. The zero-order chi connectivity index (χ0) is 24.2. The summed E-state index contributed by atoms with van der Waals surface area (Å²) >= 11 is 6.12. The SMILES string of the molecule is COc1cc(OC)c(Cc2ccc(C(=O)Nc3cc(C)nn3-c3cccc(Cl)c3)o2)c(OC)c1. The lowest BCUT2D eigenvalue weighted by atomic mass is 10.1. The van der Waals surface area contributed by atoms with Gasteiger partial charge in [-0.1, -0.05) is 17.7 Å². The van der Waals surface area contributed by atoms with Crippen LogP contribution in [0, 0.1) is 6.92 Å². The maximum atomic E-state index is 12.9. The molecule has 0 bridgehead atoms. The second kappa shape index (κ2) is 9.93. The molecule has 0 aliphatic heterocycles. The third-order valence-electron chi connectivity index (χ3n) is 5.18. The number of aryl methyl sites for hydroxylation is 1. The van der Waals surface area contributed by atoms with Crippen LogP contribution in [-0.4, -0.2) is 37.0 Å². The van der Waals surface area contributed by atoms with Gasteiger partial charge in [-0.05, 0) is 37.3 Å². The number of hydrogen-bond donors (Lipinski definition) is 1. The Hall–Kier alpha value is -3.91. The minimum absolute atomic E-state index is 0.165. The molecule has 1 amide bonds. The van der Waals surface area contributed by atoms with Crippen molar-refractivity contribution in [2.75, 3.05) is 26.6 Å². The van der Waals surface area contributed by atoms with Crippen LogP contribution in [0.3, 0.4) is 0 Å². The van der Waals surface area contributed by atoms with Crippen molar-refractivity contribution in [3.63, 3.8) is 0 Å². The van der Waals surface area contributed by atoms with E-state index in [4.69, 9.17) is 30.2 Å². The molecule has 34 heavy (non-hydrogen) atoms. The smallest absolute Gasteiger partial charge is 0.292 e. The van der Waals surface area contributed by atoms with Crippen molar-refractivity contribution in [1.29, 1.82) is 0 Å². The van der Waals surface area contributed by atoms with Gasteiger partial charge in [0.05, 0.1) is 32.7 Å². The van der Waals surface area contributed by atoms with Gasteiger partial charge in [-0.25, -0.2) is 4.68 Å². The molecular formula is C25H24ClN3O5. The van der Waals surface area contributed by atoms with Crippen LogP contribution in [0.1, 0.15) is 27.6 Å².